The molecular weight excluding hydrogens is 264 g/mol. The Morgan fingerprint density at radius 3 is 2.57 bits per heavy atom. The molecule has 0 heterocycles. The van der Waals surface area contributed by atoms with Crippen LogP contribution in [-0.4, -0.2) is 19.7 Å². The highest BCUT2D eigenvalue weighted by Crippen LogP contribution is 2.25. The molecule has 1 atom stereocenters. The summed E-state index contributed by atoms with van der Waals surface area (Å²) in [6, 6.07) is 12.1. The number of hydrogen-bond acceptors (Lipinski definition) is 3. The zero-order chi connectivity index (χ0) is 15.2. The Labute approximate surface area is 125 Å². The predicted molar refractivity (Wildman–Crippen MR) is 84.8 cm³/mol. The Bertz CT molecular complexity index is 619. The molecule has 0 amide bonds. The van der Waals surface area contributed by atoms with Crippen molar-refractivity contribution in [2.45, 2.75) is 32.6 Å². The van der Waals surface area contributed by atoms with Crippen molar-refractivity contribution < 1.29 is 14.3 Å². The third-order valence-corrected chi connectivity index (χ3v) is 3.66. The Balaban J connectivity index is 2.21. The van der Waals surface area contributed by atoms with Gasteiger partial charge in [0.1, 0.15) is 5.75 Å². The van der Waals surface area contributed by atoms with Gasteiger partial charge in [0.25, 0.3) is 0 Å². The topological polar surface area (TPSA) is 35.5 Å². The van der Waals surface area contributed by atoms with Crippen LogP contribution in [0.15, 0.2) is 36.4 Å². The smallest absolute Gasteiger partial charge is 0.312 e. The van der Waals surface area contributed by atoms with Crippen LogP contribution in [0.5, 0.6) is 5.75 Å². The maximum absolute atomic E-state index is 11.6. The molecule has 112 valence electrons. The summed E-state index contributed by atoms with van der Waals surface area (Å²) in [6.07, 6.45) is 2.19. The summed E-state index contributed by atoms with van der Waals surface area (Å²) in [5, 5.41) is 2.22. The van der Waals surface area contributed by atoms with Crippen LogP contribution in [0.3, 0.4) is 0 Å². The van der Waals surface area contributed by atoms with Gasteiger partial charge in [0.15, 0.2) is 0 Å². The minimum Gasteiger partial charge on any atom is -0.494 e. The highest BCUT2D eigenvalue weighted by atomic mass is 16.5. The monoisotopic (exact) mass is 286 g/mol. The fourth-order valence-corrected chi connectivity index (χ4v) is 2.25. The molecule has 2 aromatic carbocycles. The molecule has 0 bridgehead atoms. The molecule has 0 aliphatic carbocycles. The SMILES string of the molecule is CCCCOc1ccc2cc([C@H](C)C(=O)OC)ccc2c1. The molecule has 0 saturated heterocycles. The van der Waals surface area contributed by atoms with E-state index in [0.29, 0.717) is 0 Å². The van der Waals surface area contributed by atoms with E-state index in [2.05, 4.69) is 6.92 Å². The van der Waals surface area contributed by atoms with Crippen LogP contribution in [-0.2, 0) is 9.53 Å². The molecule has 0 N–H and O–H groups in total. The average molecular weight is 286 g/mol. The molecule has 0 fully saturated rings. The van der Waals surface area contributed by atoms with Crippen LogP contribution in [0.1, 0.15) is 38.2 Å². The first-order valence-electron chi connectivity index (χ1n) is 7.40. The van der Waals surface area contributed by atoms with Gasteiger partial charge in [-0.1, -0.05) is 37.6 Å². The van der Waals surface area contributed by atoms with Crippen LogP contribution in [0.4, 0.5) is 0 Å². The van der Waals surface area contributed by atoms with Gasteiger partial charge in [0.05, 0.1) is 19.6 Å². The molecule has 21 heavy (non-hydrogen) atoms. The summed E-state index contributed by atoms with van der Waals surface area (Å²) in [5.41, 5.74) is 0.967. The minimum absolute atomic E-state index is 0.214. The van der Waals surface area contributed by atoms with Gasteiger partial charge in [-0.25, -0.2) is 0 Å². The van der Waals surface area contributed by atoms with E-state index in [9.17, 15) is 4.79 Å². The molecule has 0 aromatic heterocycles. The quantitative estimate of drug-likeness (QED) is 0.587. The van der Waals surface area contributed by atoms with Gasteiger partial charge in [-0.15, -0.1) is 0 Å². The molecule has 0 saturated carbocycles. The predicted octanol–water partition coefficient (Wildman–Crippen LogP) is 4.30. The van der Waals surface area contributed by atoms with Crippen LogP contribution in [0, 0.1) is 0 Å². The van der Waals surface area contributed by atoms with Crippen molar-refractivity contribution in [1.29, 1.82) is 0 Å². The number of carbonyl (C=O) groups is 1. The molecule has 0 aliphatic rings. The molecule has 0 radical (unpaired) electrons. The van der Waals surface area contributed by atoms with E-state index in [1.165, 1.54) is 7.11 Å². The first-order valence-corrected chi connectivity index (χ1v) is 7.40. The Hall–Kier alpha value is -2.03. The molecule has 3 nitrogen and oxygen atoms in total. The fourth-order valence-electron chi connectivity index (χ4n) is 2.25. The van der Waals surface area contributed by atoms with Crippen molar-refractivity contribution in [3.05, 3.63) is 42.0 Å². The van der Waals surface area contributed by atoms with E-state index in [1.54, 1.807) is 0 Å². The van der Waals surface area contributed by atoms with Crippen molar-refractivity contribution in [2.75, 3.05) is 13.7 Å². The first-order chi connectivity index (χ1) is 10.2. The van der Waals surface area contributed by atoms with Gasteiger partial charge in [0.2, 0.25) is 0 Å². The van der Waals surface area contributed by atoms with E-state index >= 15 is 0 Å². The second-order valence-electron chi connectivity index (χ2n) is 5.22. The number of rotatable bonds is 6. The lowest BCUT2D eigenvalue weighted by molar-refractivity contribution is -0.141. The summed E-state index contributed by atoms with van der Waals surface area (Å²) in [4.78, 5) is 11.6. The number of hydrogen-bond donors (Lipinski definition) is 0. The van der Waals surface area contributed by atoms with Gasteiger partial charge in [-0.05, 0) is 41.8 Å². The lowest BCUT2D eigenvalue weighted by Crippen LogP contribution is -2.10. The lowest BCUT2D eigenvalue weighted by Gasteiger charge is -2.11. The summed E-state index contributed by atoms with van der Waals surface area (Å²) >= 11 is 0. The van der Waals surface area contributed by atoms with E-state index in [-0.39, 0.29) is 11.9 Å². The number of carbonyl (C=O) groups excluding carboxylic acids is 1. The van der Waals surface area contributed by atoms with Gasteiger partial charge < -0.3 is 9.47 Å². The van der Waals surface area contributed by atoms with Gasteiger partial charge in [-0.3, -0.25) is 4.79 Å². The number of esters is 1. The highest BCUT2D eigenvalue weighted by Gasteiger charge is 2.15. The van der Waals surface area contributed by atoms with Crippen molar-refractivity contribution in [2.24, 2.45) is 0 Å². The van der Waals surface area contributed by atoms with E-state index in [1.807, 2.05) is 43.3 Å². The average Bonchev–Trinajstić information content (AvgIpc) is 2.53. The maximum atomic E-state index is 11.6. The van der Waals surface area contributed by atoms with Crippen molar-refractivity contribution in [1.82, 2.24) is 0 Å². The van der Waals surface area contributed by atoms with Crippen LogP contribution < -0.4 is 4.74 Å². The van der Waals surface area contributed by atoms with Gasteiger partial charge in [-0.2, -0.15) is 0 Å². The lowest BCUT2D eigenvalue weighted by atomic mass is 9.98. The highest BCUT2D eigenvalue weighted by molar-refractivity contribution is 5.86. The van der Waals surface area contributed by atoms with E-state index in [4.69, 9.17) is 9.47 Å². The molecule has 3 heteroatoms. The summed E-state index contributed by atoms with van der Waals surface area (Å²) in [7, 11) is 1.42. The number of fused-ring (bicyclic) bond motifs is 1. The number of benzene rings is 2. The molecule has 0 spiro atoms. The second kappa shape index (κ2) is 7.11. The third-order valence-electron chi connectivity index (χ3n) is 3.66. The standard InChI is InChI=1S/C18H22O3/c1-4-5-10-21-17-9-8-15-11-14(6-7-16(15)12-17)13(2)18(19)20-3/h6-9,11-13H,4-5,10H2,1-3H3/t13-/m0/s1. The molecule has 2 rings (SSSR count). The molecular formula is C18H22O3. The Morgan fingerprint density at radius 1 is 1.14 bits per heavy atom. The van der Waals surface area contributed by atoms with E-state index < -0.39 is 0 Å². The van der Waals surface area contributed by atoms with Crippen LogP contribution in [0.2, 0.25) is 0 Å². The number of ether oxygens (including phenoxy) is 2. The van der Waals surface area contributed by atoms with Crippen molar-refractivity contribution in [3.8, 4) is 5.75 Å². The summed E-state index contributed by atoms with van der Waals surface area (Å²) < 4.78 is 10.5. The van der Waals surface area contributed by atoms with Gasteiger partial charge >= 0.3 is 5.97 Å². The van der Waals surface area contributed by atoms with E-state index in [0.717, 1.165) is 41.5 Å². The molecule has 0 unspecified atom stereocenters. The largest absolute Gasteiger partial charge is 0.494 e. The first kappa shape index (κ1) is 15.4. The zero-order valence-electron chi connectivity index (χ0n) is 12.9. The summed E-state index contributed by atoms with van der Waals surface area (Å²) in [5.74, 6) is 0.429. The Morgan fingerprint density at radius 2 is 1.86 bits per heavy atom. The Kier molecular flexibility index (Phi) is 5.20. The summed E-state index contributed by atoms with van der Waals surface area (Å²) in [6.45, 7) is 4.75. The normalized spacial score (nSPS) is 12.1. The fraction of sp³-hybridized carbons (Fsp3) is 0.389. The maximum Gasteiger partial charge on any atom is 0.312 e. The number of methoxy groups -OCH3 is 1. The minimum atomic E-state index is -0.250. The van der Waals surface area contributed by atoms with Crippen LogP contribution >= 0.6 is 0 Å². The number of unbranched alkanes of at least 4 members (excludes halogenated alkanes) is 1. The zero-order valence-corrected chi connectivity index (χ0v) is 12.9. The van der Waals surface area contributed by atoms with Crippen LogP contribution in [0.25, 0.3) is 10.8 Å². The molecule has 2 aromatic rings. The van der Waals surface area contributed by atoms with Crippen molar-refractivity contribution in [3.63, 3.8) is 0 Å². The second-order valence-corrected chi connectivity index (χ2v) is 5.22. The van der Waals surface area contributed by atoms with Gasteiger partial charge in [0, 0.05) is 0 Å². The van der Waals surface area contributed by atoms with Crippen molar-refractivity contribution >= 4 is 16.7 Å². The third kappa shape index (κ3) is 3.75. The molecule has 0 aliphatic heterocycles.